The highest BCUT2D eigenvalue weighted by Gasteiger charge is 2.32. The van der Waals surface area contributed by atoms with Crippen LogP contribution in [0.2, 0.25) is 10.2 Å². The summed E-state index contributed by atoms with van der Waals surface area (Å²) in [5.74, 6) is 0. The molecule has 0 atom stereocenters. The fourth-order valence-corrected chi connectivity index (χ4v) is 2.54. The molecule has 0 aromatic carbocycles. The minimum absolute atomic E-state index is 0.243. The molecule has 0 aliphatic carbocycles. The minimum atomic E-state index is 0.243. The van der Waals surface area contributed by atoms with E-state index in [0.717, 1.165) is 18.8 Å². The minimum Gasteiger partial charge on any atom is -0.292 e. The van der Waals surface area contributed by atoms with E-state index >= 15 is 0 Å². The van der Waals surface area contributed by atoms with Gasteiger partial charge in [0.25, 0.3) is 0 Å². The second-order valence-corrected chi connectivity index (χ2v) is 5.69. The van der Waals surface area contributed by atoms with E-state index in [1.807, 2.05) is 6.07 Å². The van der Waals surface area contributed by atoms with E-state index in [1.54, 1.807) is 6.07 Å². The van der Waals surface area contributed by atoms with Gasteiger partial charge in [0.15, 0.2) is 0 Å². The molecule has 0 radical (unpaired) electrons. The zero-order valence-corrected chi connectivity index (χ0v) is 11.1. The van der Waals surface area contributed by atoms with Crippen LogP contribution in [0.3, 0.4) is 0 Å². The molecule has 0 amide bonds. The standard InChI is InChI=1S/C12H16Cl2N2/c1-12(2)6-3-7-16(12)8-10-9(13)4-5-11(14)15-10/h4-5H,3,6-8H2,1-2H3. The molecule has 0 bridgehead atoms. The SMILES string of the molecule is CC1(C)CCCN1Cc1nc(Cl)ccc1Cl. The highest BCUT2D eigenvalue weighted by atomic mass is 35.5. The lowest BCUT2D eigenvalue weighted by Gasteiger charge is -2.31. The third kappa shape index (κ3) is 2.50. The van der Waals surface area contributed by atoms with Crippen molar-refractivity contribution in [1.29, 1.82) is 0 Å². The number of hydrogen-bond acceptors (Lipinski definition) is 2. The second kappa shape index (κ2) is 4.52. The van der Waals surface area contributed by atoms with Crippen molar-refractivity contribution >= 4 is 23.2 Å². The lowest BCUT2D eigenvalue weighted by atomic mass is 10.0. The molecular weight excluding hydrogens is 243 g/mol. The largest absolute Gasteiger partial charge is 0.292 e. The Morgan fingerprint density at radius 2 is 2.12 bits per heavy atom. The second-order valence-electron chi connectivity index (χ2n) is 4.90. The molecule has 0 unspecified atom stereocenters. The summed E-state index contributed by atoms with van der Waals surface area (Å²) >= 11 is 12.0. The number of likely N-dealkylation sites (tertiary alicyclic amines) is 1. The summed E-state index contributed by atoms with van der Waals surface area (Å²) in [5.41, 5.74) is 1.12. The van der Waals surface area contributed by atoms with Gasteiger partial charge in [0.2, 0.25) is 0 Å². The molecule has 2 rings (SSSR count). The van der Waals surface area contributed by atoms with E-state index in [0.29, 0.717) is 10.2 Å². The molecule has 1 fully saturated rings. The highest BCUT2D eigenvalue weighted by Crippen LogP contribution is 2.30. The van der Waals surface area contributed by atoms with Crippen LogP contribution < -0.4 is 0 Å². The Morgan fingerprint density at radius 1 is 1.38 bits per heavy atom. The summed E-state index contributed by atoms with van der Waals surface area (Å²) in [5, 5.41) is 1.21. The Balaban J connectivity index is 2.17. The summed E-state index contributed by atoms with van der Waals surface area (Å²) in [6.45, 7) is 6.42. The van der Waals surface area contributed by atoms with Gasteiger partial charge in [-0.2, -0.15) is 0 Å². The lowest BCUT2D eigenvalue weighted by Crippen LogP contribution is -2.37. The quantitative estimate of drug-likeness (QED) is 0.752. The molecule has 2 nitrogen and oxygen atoms in total. The van der Waals surface area contributed by atoms with Crippen LogP contribution in [-0.2, 0) is 6.54 Å². The molecule has 1 aromatic heterocycles. The molecule has 88 valence electrons. The molecular formula is C12H16Cl2N2. The normalized spacial score (nSPS) is 20.2. The highest BCUT2D eigenvalue weighted by molar-refractivity contribution is 6.32. The Kier molecular flexibility index (Phi) is 3.43. The number of nitrogens with zero attached hydrogens (tertiary/aromatic N) is 2. The first-order chi connectivity index (χ1) is 7.49. The van der Waals surface area contributed by atoms with Crippen LogP contribution in [-0.4, -0.2) is 22.0 Å². The summed E-state index contributed by atoms with van der Waals surface area (Å²) in [7, 11) is 0. The Hall–Kier alpha value is -0.310. The zero-order chi connectivity index (χ0) is 11.8. The molecule has 1 aromatic rings. The number of hydrogen-bond donors (Lipinski definition) is 0. The smallest absolute Gasteiger partial charge is 0.129 e. The van der Waals surface area contributed by atoms with Crippen molar-refractivity contribution in [3.05, 3.63) is 28.0 Å². The summed E-state index contributed by atoms with van der Waals surface area (Å²) in [6.07, 6.45) is 2.47. The Morgan fingerprint density at radius 3 is 2.75 bits per heavy atom. The van der Waals surface area contributed by atoms with Gasteiger partial charge in [0.1, 0.15) is 5.15 Å². The van der Waals surface area contributed by atoms with Crippen LogP contribution in [0, 0.1) is 0 Å². The van der Waals surface area contributed by atoms with Crippen molar-refractivity contribution in [1.82, 2.24) is 9.88 Å². The van der Waals surface area contributed by atoms with Gasteiger partial charge in [-0.05, 0) is 45.4 Å². The number of halogens is 2. The summed E-state index contributed by atoms with van der Waals surface area (Å²) < 4.78 is 0. The van der Waals surface area contributed by atoms with Gasteiger partial charge in [-0.3, -0.25) is 4.90 Å². The Labute approximate surface area is 107 Å². The summed E-state index contributed by atoms with van der Waals surface area (Å²) in [6, 6.07) is 3.54. The third-order valence-electron chi connectivity index (χ3n) is 3.30. The number of rotatable bonds is 2. The van der Waals surface area contributed by atoms with Crippen molar-refractivity contribution in [3.8, 4) is 0 Å². The summed E-state index contributed by atoms with van der Waals surface area (Å²) in [4.78, 5) is 6.71. The first-order valence-corrected chi connectivity index (χ1v) is 6.30. The zero-order valence-electron chi connectivity index (χ0n) is 9.63. The predicted molar refractivity (Wildman–Crippen MR) is 68.0 cm³/mol. The van der Waals surface area contributed by atoms with E-state index in [-0.39, 0.29) is 5.54 Å². The van der Waals surface area contributed by atoms with Gasteiger partial charge >= 0.3 is 0 Å². The van der Waals surface area contributed by atoms with Crippen molar-refractivity contribution < 1.29 is 0 Å². The molecule has 0 spiro atoms. The van der Waals surface area contributed by atoms with Crippen LogP contribution >= 0.6 is 23.2 Å². The van der Waals surface area contributed by atoms with E-state index in [1.165, 1.54) is 12.8 Å². The maximum atomic E-state index is 6.12. The van der Waals surface area contributed by atoms with Crippen molar-refractivity contribution in [2.75, 3.05) is 6.54 Å². The van der Waals surface area contributed by atoms with Crippen LogP contribution in [0.5, 0.6) is 0 Å². The van der Waals surface area contributed by atoms with E-state index in [2.05, 4.69) is 23.7 Å². The van der Waals surface area contributed by atoms with Crippen LogP contribution in [0.15, 0.2) is 12.1 Å². The molecule has 2 heterocycles. The van der Waals surface area contributed by atoms with E-state index in [9.17, 15) is 0 Å². The van der Waals surface area contributed by atoms with Gasteiger partial charge < -0.3 is 0 Å². The number of pyridine rings is 1. The van der Waals surface area contributed by atoms with Crippen LogP contribution in [0.25, 0.3) is 0 Å². The first kappa shape index (κ1) is 12.2. The van der Waals surface area contributed by atoms with Gasteiger partial charge in [0.05, 0.1) is 10.7 Å². The maximum Gasteiger partial charge on any atom is 0.129 e. The molecule has 16 heavy (non-hydrogen) atoms. The molecule has 0 saturated carbocycles. The molecule has 1 aliphatic rings. The van der Waals surface area contributed by atoms with Crippen molar-refractivity contribution in [2.24, 2.45) is 0 Å². The van der Waals surface area contributed by atoms with Gasteiger partial charge in [-0.1, -0.05) is 23.2 Å². The average Bonchev–Trinajstić information content (AvgIpc) is 2.52. The molecule has 0 N–H and O–H groups in total. The fraction of sp³-hybridized carbons (Fsp3) is 0.583. The monoisotopic (exact) mass is 258 g/mol. The van der Waals surface area contributed by atoms with Gasteiger partial charge in [0, 0.05) is 12.1 Å². The van der Waals surface area contributed by atoms with Crippen LogP contribution in [0.1, 0.15) is 32.4 Å². The third-order valence-corrected chi connectivity index (χ3v) is 3.85. The number of aromatic nitrogens is 1. The molecule has 1 aliphatic heterocycles. The Bertz CT molecular complexity index is 391. The van der Waals surface area contributed by atoms with Gasteiger partial charge in [-0.25, -0.2) is 4.98 Å². The molecule has 1 saturated heterocycles. The lowest BCUT2D eigenvalue weighted by molar-refractivity contribution is 0.164. The first-order valence-electron chi connectivity index (χ1n) is 5.55. The fourth-order valence-electron chi connectivity index (χ4n) is 2.21. The average molecular weight is 259 g/mol. The molecule has 4 heteroatoms. The van der Waals surface area contributed by atoms with Crippen molar-refractivity contribution in [2.45, 2.75) is 38.8 Å². The topological polar surface area (TPSA) is 16.1 Å². The van der Waals surface area contributed by atoms with E-state index < -0.39 is 0 Å². The van der Waals surface area contributed by atoms with E-state index in [4.69, 9.17) is 23.2 Å². The predicted octanol–water partition coefficient (Wildman–Crippen LogP) is 3.76. The van der Waals surface area contributed by atoms with Crippen molar-refractivity contribution in [3.63, 3.8) is 0 Å². The van der Waals surface area contributed by atoms with Gasteiger partial charge in [-0.15, -0.1) is 0 Å². The maximum absolute atomic E-state index is 6.12. The van der Waals surface area contributed by atoms with Crippen LogP contribution in [0.4, 0.5) is 0 Å².